The molecule has 1 aliphatic carbocycles. The van der Waals surface area contributed by atoms with E-state index in [-0.39, 0.29) is 18.1 Å². The molecular formula is C15H22N4OS. The van der Waals surface area contributed by atoms with E-state index in [1.54, 1.807) is 4.68 Å². The Morgan fingerprint density at radius 1 is 1.52 bits per heavy atom. The highest BCUT2D eigenvalue weighted by Crippen LogP contribution is 2.29. The highest BCUT2D eigenvalue weighted by molar-refractivity contribution is 7.99. The molecule has 0 saturated carbocycles. The third-order valence-electron chi connectivity index (χ3n) is 4.06. The molecule has 2 atom stereocenters. The molecule has 0 aromatic carbocycles. The summed E-state index contributed by atoms with van der Waals surface area (Å²) >= 11 is 1.90. The number of urea groups is 1. The summed E-state index contributed by atoms with van der Waals surface area (Å²) in [6, 6.07) is 0.376. The molecule has 0 bridgehead atoms. The van der Waals surface area contributed by atoms with Gasteiger partial charge in [0.2, 0.25) is 0 Å². The predicted molar refractivity (Wildman–Crippen MR) is 85.3 cm³/mol. The summed E-state index contributed by atoms with van der Waals surface area (Å²) in [6.07, 6.45) is 11.5. The number of amides is 2. The second kappa shape index (κ2) is 6.56. The molecule has 0 unspecified atom stereocenters. The number of aromatic nitrogens is 2. The third kappa shape index (κ3) is 3.43. The molecular weight excluding hydrogens is 284 g/mol. The van der Waals surface area contributed by atoms with Crippen molar-refractivity contribution in [2.45, 2.75) is 31.3 Å². The summed E-state index contributed by atoms with van der Waals surface area (Å²) in [4.78, 5) is 14.6. The lowest BCUT2D eigenvalue weighted by atomic mass is 10.0. The highest BCUT2D eigenvalue weighted by Gasteiger charge is 2.30. The summed E-state index contributed by atoms with van der Waals surface area (Å²) in [5, 5.41) is 7.40. The first-order chi connectivity index (χ1) is 10.2. The molecule has 6 heteroatoms. The minimum Gasteiger partial charge on any atom is -0.332 e. The van der Waals surface area contributed by atoms with Gasteiger partial charge in [-0.2, -0.15) is 16.9 Å². The number of hydrogen-bond donors (Lipinski definition) is 1. The van der Waals surface area contributed by atoms with E-state index in [9.17, 15) is 4.79 Å². The molecule has 5 nitrogen and oxygen atoms in total. The van der Waals surface area contributed by atoms with E-state index >= 15 is 0 Å². The fraction of sp³-hybridized carbons (Fsp3) is 0.600. The molecule has 21 heavy (non-hydrogen) atoms. The van der Waals surface area contributed by atoms with Crippen LogP contribution in [0, 0.1) is 0 Å². The van der Waals surface area contributed by atoms with Crippen LogP contribution in [0.3, 0.4) is 0 Å². The Labute approximate surface area is 129 Å². The highest BCUT2D eigenvalue weighted by atomic mass is 32.2. The number of allylic oxidation sites excluding steroid dienone is 1. The standard InChI is InChI=1S/C15H22N4OS/c1-18-10-12(9-16-18)14-11-21-8-7-19(14)15(20)17-13-5-3-2-4-6-13/h3,5,9-10,13-14H,2,4,6-8,11H2,1H3,(H,17,20)/t13-,14+/m1/s1. The average Bonchev–Trinajstić information content (AvgIpc) is 2.95. The van der Waals surface area contributed by atoms with Gasteiger partial charge in [0.1, 0.15) is 0 Å². The molecule has 1 N–H and O–H groups in total. The smallest absolute Gasteiger partial charge is 0.318 e. The third-order valence-corrected chi connectivity index (χ3v) is 5.08. The van der Waals surface area contributed by atoms with E-state index in [0.717, 1.165) is 42.9 Å². The fourth-order valence-electron chi connectivity index (χ4n) is 2.91. The maximum atomic E-state index is 12.6. The first-order valence-electron chi connectivity index (χ1n) is 7.54. The minimum atomic E-state index is 0.0562. The molecule has 2 aliphatic rings. The van der Waals surface area contributed by atoms with Crippen molar-refractivity contribution in [1.29, 1.82) is 0 Å². The molecule has 1 aromatic heterocycles. The Balaban J connectivity index is 1.69. The Kier molecular flexibility index (Phi) is 4.53. The van der Waals surface area contributed by atoms with Gasteiger partial charge in [0, 0.05) is 42.9 Å². The average molecular weight is 306 g/mol. The van der Waals surface area contributed by atoms with Crippen LogP contribution in [0.5, 0.6) is 0 Å². The van der Waals surface area contributed by atoms with Gasteiger partial charge in [-0.3, -0.25) is 4.68 Å². The first-order valence-corrected chi connectivity index (χ1v) is 8.69. The van der Waals surface area contributed by atoms with E-state index < -0.39 is 0 Å². The van der Waals surface area contributed by atoms with Crippen LogP contribution < -0.4 is 5.32 Å². The van der Waals surface area contributed by atoms with Crippen LogP contribution in [-0.2, 0) is 7.05 Å². The number of carbonyl (C=O) groups excluding carboxylic acids is 1. The number of nitrogens with zero attached hydrogens (tertiary/aromatic N) is 3. The topological polar surface area (TPSA) is 50.2 Å². The molecule has 1 fully saturated rings. The predicted octanol–water partition coefficient (Wildman–Crippen LogP) is 2.33. The van der Waals surface area contributed by atoms with Crippen LogP contribution in [-0.4, -0.2) is 44.8 Å². The quantitative estimate of drug-likeness (QED) is 0.853. The van der Waals surface area contributed by atoms with Crippen molar-refractivity contribution in [3.63, 3.8) is 0 Å². The molecule has 0 spiro atoms. The zero-order chi connectivity index (χ0) is 14.7. The Morgan fingerprint density at radius 2 is 2.43 bits per heavy atom. The van der Waals surface area contributed by atoms with Gasteiger partial charge >= 0.3 is 6.03 Å². The van der Waals surface area contributed by atoms with Gasteiger partial charge in [0.25, 0.3) is 0 Å². The van der Waals surface area contributed by atoms with Crippen molar-refractivity contribution in [3.8, 4) is 0 Å². The van der Waals surface area contributed by atoms with Crippen molar-refractivity contribution < 1.29 is 4.79 Å². The van der Waals surface area contributed by atoms with Gasteiger partial charge in [-0.15, -0.1) is 0 Å². The second-order valence-electron chi connectivity index (χ2n) is 5.65. The monoisotopic (exact) mass is 306 g/mol. The summed E-state index contributed by atoms with van der Waals surface area (Å²) in [6.45, 7) is 0.798. The van der Waals surface area contributed by atoms with Gasteiger partial charge < -0.3 is 10.2 Å². The normalized spacial score (nSPS) is 25.9. The van der Waals surface area contributed by atoms with Crippen LogP contribution in [0.25, 0.3) is 0 Å². The summed E-state index contributed by atoms with van der Waals surface area (Å²) in [5.41, 5.74) is 1.12. The van der Waals surface area contributed by atoms with Crippen molar-refractivity contribution >= 4 is 17.8 Å². The van der Waals surface area contributed by atoms with E-state index in [0.29, 0.717) is 0 Å². The van der Waals surface area contributed by atoms with E-state index in [2.05, 4.69) is 22.6 Å². The Hall–Kier alpha value is -1.43. The van der Waals surface area contributed by atoms with Crippen molar-refractivity contribution in [2.24, 2.45) is 7.05 Å². The van der Waals surface area contributed by atoms with Gasteiger partial charge in [-0.1, -0.05) is 12.2 Å². The Morgan fingerprint density at radius 3 is 3.14 bits per heavy atom. The maximum Gasteiger partial charge on any atom is 0.318 e. The second-order valence-corrected chi connectivity index (χ2v) is 6.80. The van der Waals surface area contributed by atoms with Gasteiger partial charge in [0.15, 0.2) is 0 Å². The fourth-order valence-corrected chi connectivity index (χ4v) is 4.00. The van der Waals surface area contributed by atoms with Crippen LogP contribution in [0.1, 0.15) is 30.9 Å². The number of thioether (sulfide) groups is 1. The number of hydrogen-bond acceptors (Lipinski definition) is 3. The minimum absolute atomic E-state index is 0.0562. The number of carbonyl (C=O) groups is 1. The summed E-state index contributed by atoms with van der Waals surface area (Å²) < 4.78 is 1.80. The van der Waals surface area contributed by atoms with Crippen LogP contribution in [0.15, 0.2) is 24.5 Å². The molecule has 2 amide bonds. The maximum absolute atomic E-state index is 12.6. The molecule has 1 aliphatic heterocycles. The largest absolute Gasteiger partial charge is 0.332 e. The first kappa shape index (κ1) is 14.5. The van der Waals surface area contributed by atoms with Crippen molar-refractivity contribution in [1.82, 2.24) is 20.0 Å². The number of nitrogens with one attached hydrogen (secondary N) is 1. The van der Waals surface area contributed by atoms with Crippen molar-refractivity contribution in [2.75, 3.05) is 18.1 Å². The van der Waals surface area contributed by atoms with Gasteiger partial charge in [-0.25, -0.2) is 4.79 Å². The molecule has 2 heterocycles. The lowest BCUT2D eigenvalue weighted by Gasteiger charge is -2.36. The summed E-state index contributed by atoms with van der Waals surface area (Å²) in [5.74, 6) is 1.95. The lowest BCUT2D eigenvalue weighted by molar-refractivity contribution is 0.179. The summed E-state index contributed by atoms with van der Waals surface area (Å²) in [7, 11) is 1.91. The van der Waals surface area contributed by atoms with E-state index in [1.807, 2.05) is 36.1 Å². The van der Waals surface area contributed by atoms with Gasteiger partial charge in [0.05, 0.1) is 12.2 Å². The zero-order valence-corrected chi connectivity index (χ0v) is 13.2. The van der Waals surface area contributed by atoms with Crippen LogP contribution in [0.4, 0.5) is 4.79 Å². The molecule has 1 aromatic rings. The van der Waals surface area contributed by atoms with Gasteiger partial charge in [-0.05, 0) is 19.3 Å². The molecule has 0 radical (unpaired) electrons. The van der Waals surface area contributed by atoms with Crippen molar-refractivity contribution in [3.05, 3.63) is 30.1 Å². The van der Waals surface area contributed by atoms with E-state index in [1.165, 1.54) is 0 Å². The van der Waals surface area contributed by atoms with Crippen LogP contribution >= 0.6 is 11.8 Å². The van der Waals surface area contributed by atoms with E-state index in [4.69, 9.17) is 0 Å². The number of rotatable bonds is 2. The molecule has 3 rings (SSSR count). The Bertz CT molecular complexity index is 527. The van der Waals surface area contributed by atoms with Crippen LogP contribution in [0.2, 0.25) is 0 Å². The molecule has 1 saturated heterocycles. The lowest BCUT2D eigenvalue weighted by Crippen LogP contribution is -2.49. The SMILES string of the molecule is Cn1cc([C@@H]2CSCCN2C(=O)N[C@@H]2C=CCCC2)cn1. The number of aryl methyl sites for hydroxylation is 1. The zero-order valence-electron chi connectivity index (χ0n) is 12.4. The molecule has 114 valence electrons.